The number of hydrogen-bond acceptors (Lipinski definition) is 5. The van der Waals surface area contributed by atoms with E-state index in [0.29, 0.717) is 19.3 Å². The van der Waals surface area contributed by atoms with E-state index < -0.39 is 17.4 Å². The average molecular weight is 417 g/mol. The van der Waals surface area contributed by atoms with Crippen LogP contribution in [-0.4, -0.2) is 46.6 Å². The van der Waals surface area contributed by atoms with Crippen LogP contribution >= 0.6 is 0 Å². The van der Waals surface area contributed by atoms with Crippen LogP contribution in [0.3, 0.4) is 0 Å². The maximum Gasteiger partial charge on any atom is 0.323 e. The van der Waals surface area contributed by atoms with E-state index in [2.05, 4.69) is 0 Å². The zero-order valence-corrected chi connectivity index (χ0v) is 19.4. The second-order valence-corrected chi connectivity index (χ2v) is 10.1. The molecule has 0 amide bonds. The molecule has 0 aromatic rings. The molecule has 0 bridgehead atoms. The van der Waals surface area contributed by atoms with Crippen LogP contribution in [0.1, 0.15) is 99.3 Å². The smallest absolute Gasteiger partial charge is 0.323 e. The van der Waals surface area contributed by atoms with Gasteiger partial charge in [-0.25, -0.2) is 0 Å². The number of aliphatic hydroxyl groups excluding tert-OH is 2. The summed E-state index contributed by atoms with van der Waals surface area (Å²) in [6, 6.07) is 0. The molecular weight excluding hydrogens is 372 g/mol. The quantitative estimate of drug-likeness (QED) is 0.194. The summed E-state index contributed by atoms with van der Waals surface area (Å²) >= 11 is 0. The predicted octanol–water partition coefficient (Wildman–Crippen LogP) is 4.56. The Morgan fingerprint density at radius 3 is 1.52 bits per heavy atom. The van der Waals surface area contributed by atoms with Crippen LogP contribution in [-0.2, 0) is 14.3 Å². The Balaban J connectivity index is 5.19. The summed E-state index contributed by atoms with van der Waals surface area (Å²) in [4.78, 5) is 25.1. The zero-order valence-electron chi connectivity index (χ0n) is 19.4. The number of unbranched alkanes of at least 4 members (excludes halogenated alkanes) is 2. The van der Waals surface area contributed by atoms with E-state index in [1.54, 1.807) is 6.92 Å². The molecule has 0 radical (unpaired) electrons. The monoisotopic (exact) mass is 416 g/mol. The number of carbonyl (C=O) groups excluding carboxylic acids is 1. The lowest BCUT2D eigenvalue weighted by Crippen LogP contribution is -2.42. The third kappa shape index (κ3) is 9.94. The van der Waals surface area contributed by atoms with Gasteiger partial charge in [-0.05, 0) is 49.9 Å². The number of hydrogen-bond donors (Lipinski definition) is 3. The molecule has 0 saturated carbocycles. The summed E-state index contributed by atoms with van der Waals surface area (Å²) in [6.45, 7) is 11.7. The van der Waals surface area contributed by atoms with E-state index >= 15 is 0 Å². The van der Waals surface area contributed by atoms with Gasteiger partial charge in [0.15, 0.2) is 5.41 Å². The van der Waals surface area contributed by atoms with E-state index in [0.717, 1.165) is 25.7 Å². The van der Waals surface area contributed by atoms with Crippen LogP contribution in [0.25, 0.3) is 0 Å². The van der Waals surface area contributed by atoms with E-state index in [1.807, 2.05) is 34.6 Å². The molecule has 3 N–H and O–H groups in total. The van der Waals surface area contributed by atoms with Crippen LogP contribution in [0.2, 0.25) is 0 Å². The van der Waals surface area contributed by atoms with Gasteiger partial charge in [-0.3, -0.25) is 9.59 Å². The predicted molar refractivity (Wildman–Crippen MR) is 115 cm³/mol. The Morgan fingerprint density at radius 2 is 1.21 bits per heavy atom. The molecule has 172 valence electrons. The second kappa shape index (κ2) is 12.5. The first-order valence-electron chi connectivity index (χ1n) is 11.0. The van der Waals surface area contributed by atoms with Gasteiger partial charge in [-0.1, -0.05) is 60.3 Å². The van der Waals surface area contributed by atoms with Crippen molar-refractivity contribution in [2.75, 3.05) is 13.2 Å². The Kier molecular flexibility index (Phi) is 12.0. The lowest BCUT2D eigenvalue weighted by molar-refractivity contribution is -0.173. The summed E-state index contributed by atoms with van der Waals surface area (Å²) in [5.41, 5.74) is -1.95. The third-order valence-electron chi connectivity index (χ3n) is 5.95. The van der Waals surface area contributed by atoms with Crippen molar-refractivity contribution >= 4 is 11.9 Å². The average Bonchev–Trinajstić information content (AvgIpc) is 2.66. The van der Waals surface area contributed by atoms with Crippen molar-refractivity contribution in [2.24, 2.45) is 16.2 Å². The van der Waals surface area contributed by atoms with Crippen molar-refractivity contribution in [1.82, 2.24) is 0 Å². The number of esters is 1. The topological polar surface area (TPSA) is 104 Å². The fraction of sp³-hybridized carbons (Fsp3) is 0.913. The minimum absolute atomic E-state index is 0.0772. The van der Waals surface area contributed by atoms with Gasteiger partial charge in [0.1, 0.15) is 0 Å². The van der Waals surface area contributed by atoms with Crippen molar-refractivity contribution in [2.45, 2.75) is 105 Å². The standard InChI is InChI=1S/C23H44O6/c1-7-18(2)29-20(28)23(19(26)27,14-10-8-12-21(3,4)16-24)15-11-9-13-22(5,6)17-25/h18,24-25H,7-17H2,1-6H3,(H,26,27). The van der Waals surface area contributed by atoms with Crippen molar-refractivity contribution in [3.63, 3.8) is 0 Å². The molecule has 0 aliphatic heterocycles. The van der Waals surface area contributed by atoms with E-state index in [4.69, 9.17) is 4.74 Å². The highest BCUT2D eigenvalue weighted by molar-refractivity contribution is 5.99. The molecule has 1 unspecified atom stereocenters. The van der Waals surface area contributed by atoms with Gasteiger partial charge in [0, 0.05) is 13.2 Å². The summed E-state index contributed by atoms with van der Waals surface area (Å²) in [6.07, 6.45) is 5.01. The molecule has 0 rings (SSSR count). The minimum Gasteiger partial charge on any atom is -0.480 e. The number of ether oxygens (including phenoxy) is 1. The van der Waals surface area contributed by atoms with Gasteiger partial charge in [0.25, 0.3) is 0 Å². The molecule has 0 aliphatic rings. The summed E-state index contributed by atoms with van der Waals surface area (Å²) < 4.78 is 5.46. The molecule has 0 aliphatic carbocycles. The molecule has 0 saturated heterocycles. The van der Waals surface area contributed by atoms with E-state index in [9.17, 15) is 24.9 Å². The maximum absolute atomic E-state index is 12.9. The number of carboxylic acids is 1. The van der Waals surface area contributed by atoms with E-state index in [-0.39, 0.29) is 43.0 Å². The van der Waals surface area contributed by atoms with Crippen molar-refractivity contribution in [1.29, 1.82) is 0 Å². The fourth-order valence-electron chi connectivity index (χ4n) is 3.23. The summed E-state index contributed by atoms with van der Waals surface area (Å²) in [5.74, 6) is -1.75. The highest BCUT2D eigenvalue weighted by Gasteiger charge is 2.47. The molecule has 0 aromatic heterocycles. The van der Waals surface area contributed by atoms with Gasteiger partial charge < -0.3 is 20.1 Å². The highest BCUT2D eigenvalue weighted by atomic mass is 16.5. The van der Waals surface area contributed by atoms with Crippen LogP contribution in [0, 0.1) is 16.2 Å². The normalized spacial score (nSPS) is 13.9. The van der Waals surface area contributed by atoms with Crippen LogP contribution in [0.5, 0.6) is 0 Å². The Bertz CT molecular complexity index is 474. The van der Waals surface area contributed by atoms with Gasteiger partial charge >= 0.3 is 11.9 Å². The number of aliphatic hydroxyl groups is 2. The molecule has 6 nitrogen and oxygen atoms in total. The molecule has 0 fully saturated rings. The first kappa shape index (κ1) is 27.9. The highest BCUT2D eigenvalue weighted by Crippen LogP contribution is 2.36. The Labute approximate surface area is 177 Å². The van der Waals surface area contributed by atoms with Crippen molar-refractivity contribution < 1.29 is 29.6 Å². The van der Waals surface area contributed by atoms with Crippen LogP contribution in [0.15, 0.2) is 0 Å². The molecule has 0 heterocycles. The minimum atomic E-state index is -1.53. The van der Waals surface area contributed by atoms with Gasteiger partial charge in [0.2, 0.25) is 0 Å². The van der Waals surface area contributed by atoms with Gasteiger partial charge in [0.05, 0.1) is 6.10 Å². The molecule has 0 spiro atoms. The molecule has 29 heavy (non-hydrogen) atoms. The SMILES string of the molecule is CCC(C)OC(=O)C(CCCCC(C)(C)CO)(CCCCC(C)(C)CO)C(=O)O. The molecule has 6 heteroatoms. The maximum atomic E-state index is 12.9. The zero-order chi connectivity index (χ0) is 22.7. The molecule has 1 atom stereocenters. The number of aliphatic carboxylic acids is 1. The second-order valence-electron chi connectivity index (χ2n) is 10.1. The molecule has 0 aromatic carbocycles. The fourth-order valence-corrected chi connectivity index (χ4v) is 3.23. The number of carbonyl (C=O) groups is 2. The van der Waals surface area contributed by atoms with E-state index in [1.165, 1.54) is 0 Å². The van der Waals surface area contributed by atoms with Crippen LogP contribution in [0.4, 0.5) is 0 Å². The molecular formula is C23H44O6. The first-order valence-corrected chi connectivity index (χ1v) is 11.0. The lowest BCUT2D eigenvalue weighted by Gasteiger charge is -2.30. The number of carboxylic acid groups (broad SMARTS) is 1. The van der Waals surface area contributed by atoms with Gasteiger partial charge in [-0.2, -0.15) is 0 Å². The summed E-state index contributed by atoms with van der Waals surface area (Å²) in [7, 11) is 0. The Hall–Kier alpha value is -1.14. The largest absolute Gasteiger partial charge is 0.480 e. The third-order valence-corrected chi connectivity index (χ3v) is 5.95. The number of rotatable bonds is 16. The van der Waals surface area contributed by atoms with Crippen molar-refractivity contribution in [3.8, 4) is 0 Å². The van der Waals surface area contributed by atoms with Crippen molar-refractivity contribution in [3.05, 3.63) is 0 Å². The Morgan fingerprint density at radius 1 is 0.828 bits per heavy atom. The lowest BCUT2D eigenvalue weighted by atomic mass is 9.76. The van der Waals surface area contributed by atoms with Crippen LogP contribution < -0.4 is 0 Å². The van der Waals surface area contributed by atoms with Gasteiger partial charge in [-0.15, -0.1) is 0 Å². The summed E-state index contributed by atoms with van der Waals surface area (Å²) in [5, 5.41) is 28.8. The first-order chi connectivity index (χ1) is 13.4.